The van der Waals surface area contributed by atoms with Crippen molar-refractivity contribution >= 4 is 17.9 Å². The molecule has 6 nitrogen and oxygen atoms in total. The predicted molar refractivity (Wildman–Crippen MR) is 325 cm³/mol. The van der Waals surface area contributed by atoms with Crippen LogP contribution in [0.4, 0.5) is 0 Å². The van der Waals surface area contributed by atoms with Crippen LogP contribution in [0.25, 0.3) is 0 Å². The summed E-state index contributed by atoms with van der Waals surface area (Å²) in [6.45, 7) is 6.52. The van der Waals surface area contributed by atoms with Crippen LogP contribution in [0.15, 0.2) is 72.9 Å². The van der Waals surface area contributed by atoms with Gasteiger partial charge in [-0.05, 0) is 83.5 Å². The van der Waals surface area contributed by atoms with Crippen LogP contribution in [-0.4, -0.2) is 37.2 Å². The Morgan fingerprint density at radius 1 is 0.280 bits per heavy atom. The summed E-state index contributed by atoms with van der Waals surface area (Å²) in [6, 6.07) is 0. The van der Waals surface area contributed by atoms with E-state index in [-0.39, 0.29) is 37.5 Å². The maximum atomic E-state index is 12.9. The summed E-state index contributed by atoms with van der Waals surface area (Å²) >= 11 is 0. The van der Waals surface area contributed by atoms with E-state index in [1.165, 1.54) is 205 Å². The van der Waals surface area contributed by atoms with E-state index in [1.54, 1.807) is 0 Å². The Labute approximate surface area is 465 Å². The van der Waals surface area contributed by atoms with Crippen LogP contribution in [0.3, 0.4) is 0 Å². The minimum atomic E-state index is -0.806. The van der Waals surface area contributed by atoms with Crippen LogP contribution in [0.5, 0.6) is 0 Å². The van der Waals surface area contributed by atoms with E-state index < -0.39 is 6.10 Å². The van der Waals surface area contributed by atoms with Crippen molar-refractivity contribution in [2.75, 3.05) is 13.2 Å². The minimum absolute atomic E-state index is 0.0954. The van der Waals surface area contributed by atoms with Crippen LogP contribution < -0.4 is 0 Å². The Morgan fingerprint density at radius 2 is 0.533 bits per heavy atom. The molecule has 0 aromatic heterocycles. The number of ether oxygens (including phenoxy) is 3. The maximum Gasteiger partial charge on any atom is 0.306 e. The molecule has 6 heteroatoms. The Kier molecular flexibility index (Phi) is 60.7. The maximum absolute atomic E-state index is 12.9. The molecule has 0 aromatic rings. The molecule has 0 unspecified atom stereocenters. The second-order valence-corrected chi connectivity index (χ2v) is 21.6. The molecule has 0 N–H and O–H groups in total. The first-order valence-electron chi connectivity index (χ1n) is 32.4. The fourth-order valence-corrected chi connectivity index (χ4v) is 9.36. The van der Waals surface area contributed by atoms with Crippen LogP contribution >= 0.6 is 0 Å². The van der Waals surface area contributed by atoms with Gasteiger partial charge in [0.1, 0.15) is 13.2 Å². The molecule has 0 amide bonds. The van der Waals surface area contributed by atoms with Crippen molar-refractivity contribution in [1.29, 1.82) is 0 Å². The first-order valence-corrected chi connectivity index (χ1v) is 32.4. The van der Waals surface area contributed by atoms with Gasteiger partial charge in [-0.15, -0.1) is 0 Å². The topological polar surface area (TPSA) is 78.9 Å². The van der Waals surface area contributed by atoms with Gasteiger partial charge in [-0.3, -0.25) is 14.4 Å². The van der Waals surface area contributed by atoms with Crippen molar-refractivity contribution in [3.8, 4) is 0 Å². The lowest BCUT2D eigenvalue weighted by Gasteiger charge is -2.18. The third-order valence-corrected chi connectivity index (χ3v) is 14.2. The first-order chi connectivity index (χ1) is 37.0. The SMILES string of the molecule is CC/C=C\C/C=C\C/C=C\C/C=C\C/C=C\CCCC(=O)O[C@H](COC(=O)CCCCCCCCCCC/C=C\CCCCCCCC)COC(=O)CCCCCCCCCCCCCCCCCCCCCCC. The zero-order valence-corrected chi connectivity index (χ0v) is 49.8. The predicted octanol–water partition coefficient (Wildman–Crippen LogP) is 22.1. The van der Waals surface area contributed by atoms with Crippen LogP contribution in [-0.2, 0) is 28.6 Å². The fraction of sp³-hybridized carbons (Fsp3) is 0.783. The Hall–Kier alpha value is -3.15. The van der Waals surface area contributed by atoms with Crippen molar-refractivity contribution in [2.24, 2.45) is 0 Å². The highest BCUT2D eigenvalue weighted by Crippen LogP contribution is 2.17. The van der Waals surface area contributed by atoms with Gasteiger partial charge in [0.25, 0.3) is 0 Å². The first kappa shape index (κ1) is 71.8. The molecule has 434 valence electrons. The lowest BCUT2D eigenvalue weighted by atomic mass is 10.0. The molecule has 0 aliphatic rings. The summed E-state index contributed by atoms with van der Waals surface area (Å²) in [6.07, 6.45) is 82.0. The third kappa shape index (κ3) is 61.6. The monoisotopic (exact) mass is 1050 g/mol. The molecule has 0 radical (unpaired) electrons. The van der Waals surface area contributed by atoms with Gasteiger partial charge in [-0.1, -0.05) is 299 Å². The molecule has 0 aliphatic carbocycles. The molecule has 75 heavy (non-hydrogen) atoms. The molecule has 0 rings (SSSR count). The Morgan fingerprint density at radius 3 is 0.867 bits per heavy atom. The number of rotatable bonds is 59. The number of hydrogen-bond acceptors (Lipinski definition) is 6. The van der Waals surface area contributed by atoms with Crippen molar-refractivity contribution < 1.29 is 28.6 Å². The molecule has 0 aliphatic heterocycles. The number of carbonyl (C=O) groups is 3. The highest BCUT2D eigenvalue weighted by atomic mass is 16.6. The minimum Gasteiger partial charge on any atom is -0.462 e. The lowest BCUT2D eigenvalue weighted by Crippen LogP contribution is -2.30. The smallest absolute Gasteiger partial charge is 0.306 e. The Bertz CT molecular complexity index is 1390. The number of esters is 3. The second kappa shape index (κ2) is 63.4. The van der Waals surface area contributed by atoms with Crippen LogP contribution in [0, 0.1) is 0 Å². The normalized spacial score (nSPS) is 12.5. The summed E-state index contributed by atoms with van der Waals surface area (Å²) in [4.78, 5) is 38.3. The summed E-state index contributed by atoms with van der Waals surface area (Å²) in [5.41, 5.74) is 0. The van der Waals surface area contributed by atoms with Crippen molar-refractivity contribution in [3.05, 3.63) is 72.9 Å². The summed E-state index contributed by atoms with van der Waals surface area (Å²) in [7, 11) is 0. The van der Waals surface area contributed by atoms with E-state index in [9.17, 15) is 14.4 Å². The molecule has 1 atom stereocenters. The van der Waals surface area contributed by atoms with E-state index in [0.29, 0.717) is 19.3 Å². The molecule has 0 saturated carbocycles. The summed E-state index contributed by atoms with van der Waals surface area (Å²) in [5.74, 6) is -0.939. The molecule has 0 bridgehead atoms. The van der Waals surface area contributed by atoms with Gasteiger partial charge < -0.3 is 14.2 Å². The molecular formula is C69H122O6. The van der Waals surface area contributed by atoms with Gasteiger partial charge in [-0.25, -0.2) is 0 Å². The average Bonchev–Trinajstić information content (AvgIpc) is 3.41. The van der Waals surface area contributed by atoms with Gasteiger partial charge in [0, 0.05) is 19.3 Å². The third-order valence-electron chi connectivity index (χ3n) is 14.2. The highest BCUT2D eigenvalue weighted by Gasteiger charge is 2.19. The fourth-order valence-electron chi connectivity index (χ4n) is 9.36. The Balaban J connectivity index is 4.40. The number of hydrogen-bond donors (Lipinski definition) is 0. The number of allylic oxidation sites excluding steroid dienone is 12. The molecule has 0 saturated heterocycles. The van der Waals surface area contributed by atoms with Gasteiger partial charge in [0.2, 0.25) is 0 Å². The van der Waals surface area contributed by atoms with Crippen LogP contribution in [0.2, 0.25) is 0 Å². The highest BCUT2D eigenvalue weighted by molar-refractivity contribution is 5.71. The van der Waals surface area contributed by atoms with Crippen molar-refractivity contribution in [1.82, 2.24) is 0 Å². The molecule has 0 aromatic carbocycles. The standard InChI is InChI=1S/C69H122O6/c1-4-7-10-13-16-19-22-25-28-31-33-34-36-39-41-44-47-50-53-56-59-62-68(71)74-65-66(75-69(72)63-60-57-54-51-48-45-42-37-30-27-24-21-18-15-12-9-6-3)64-73-67(70)61-58-55-52-49-46-43-40-38-35-32-29-26-23-20-17-14-11-8-5-2/h9,12,18,21,26-27,29-30,42,45,51,54,66H,4-8,10-11,13-17,19-20,22-25,28,31-41,43-44,46-50,52-53,55-65H2,1-3H3/b12-9-,21-18-,29-26-,30-27-,45-42-,54-51-/t66-/m1/s1. The van der Waals surface area contributed by atoms with Gasteiger partial charge in [0.05, 0.1) is 0 Å². The van der Waals surface area contributed by atoms with Crippen molar-refractivity contribution in [2.45, 2.75) is 335 Å². The van der Waals surface area contributed by atoms with E-state index in [1.807, 2.05) is 0 Å². The van der Waals surface area contributed by atoms with E-state index >= 15 is 0 Å². The van der Waals surface area contributed by atoms with Gasteiger partial charge in [0.15, 0.2) is 6.10 Å². The summed E-state index contributed by atoms with van der Waals surface area (Å²) < 4.78 is 16.9. The van der Waals surface area contributed by atoms with E-state index in [0.717, 1.165) is 77.0 Å². The molecular weight excluding hydrogens is 925 g/mol. The van der Waals surface area contributed by atoms with Gasteiger partial charge in [-0.2, -0.15) is 0 Å². The summed E-state index contributed by atoms with van der Waals surface area (Å²) in [5, 5.41) is 0. The van der Waals surface area contributed by atoms with Crippen molar-refractivity contribution in [3.63, 3.8) is 0 Å². The average molecular weight is 1050 g/mol. The van der Waals surface area contributed by atoms with E-state index in [2.05, 4.69) is 93.7 Å². The molecule has 0 heterocycles. The molecule has 0 spiro atoms. The van der Waals surface area contributed by atoms with Crippen LogP contribution in [0.1, 0.15) is 329 Å². The quantitative estimate of drug-likeness (QED) is 0.0261. The van der Waals surface area contributed by atoms with Gasteiger partial charge >= 0.3 is 17.9 Å². The molecule has 0 fully saturated rings. The van der Waals surface area contributed by atoms with E-state index in [4.69, 9.17) is 14.2 Å². The second-order valence-electron chi connectivity index (χ2n) is 21.6. The zero-order chi connectivity index (χ0) is 54.3. The largest absolute Gasteiger partial charge is 0.462 e. The lowest BCUT2D eigenvalue weighted by molar-refractivity contribution is -0.167. The number of unbranched alkanes of at least 4 members (excludes halogenated alkanes) is 36. The number of carbonyl (C=O) groups excluding carboxylic acids is 3. The zero-order valence-electron chi connectivity index (χ0n) is 49.8.